The van der Waals surface area contributed by atoms with E-state index in [0.29, 0.717) is 17.6 Å². The van der Waals surface area contributed by atoms with Crippen molar-refractivity contribution in [2.75, 3.05) is 18.0 Å². The Bertz CT molecular complexity index is 892. The van der Waals surface area contributed by atoms with E-state index in [0.717, 1.165) is 44.6 Å². The molecule has 2 aromatic rings. The Morgan fingerprint density at radius 3 is 2.32 bits per heavy atom. The van der Waals surface area contributed by atoms with Crippen LogP contribution in [0.15, 0.2) is 42.5 Å². The van der Waals surface area contributed by atoms with Gasteiger partial charge in [0.2, 0.25) is 0 Å². The highest BCUT2D eigenvalue weighted by molar-refractivity contribution is 5.56. The summed E-state index contributed by atoms with van der Waals surface area (Å²) in [4.78, 5) is 13.5. The maximum Gasteiger partial charge on any atom is 0.123 e. The van der Waals surface area contributed by atoms with E-state index in [1.54, 1.807) is 0 Å². The Kier molecular flexibility index (Phi) is 6.02. The molecule has 2 atom stereocenters. The van der Waals surface area contributed by atoms with Crippen molar-refractivity contribution >= 4 is 12.0 Å². The van der Waals surface area contributed by atoms with Crippen molar-refractivity contribution in [3.8, 4) is 5.75 Å². The number of phenolic OH excluding ortho intramolecular Hbond substituents is 1. The molecule has 2 aromatic carbocycles. The normalized spacial score (nSPS) is 25.2. The average molecular weight is 418 g/mol. The average Bonchev–Trinajstić information content (AvgIpc) is 2.84. The second-order valence-electron chi connectivity index (χ2n) is 10.0. The van der Waals surface area contributed by atoms with Crippen LogP contribution in [0, 0.1) is 17.8 Å². The Morgan fingerprint density at radius 2 is 1.61 bits per heavy atom. The number of phenols is 1. The summed E-state index contributed by atoms with van der Waals surface area (Å²) in [6, 6.07) is 15.3. The van der Waals surface area contributed by atoms with Gasteiger partial charge in [-0.3, -0.25) is 0 Å². The molecule has 1 saturated carbocycles. The molecule has 1 heterocycles. The van der Waals surface area contributed by atoms with E-state index in [4.69, 9.17) is 0 Å². The molecule has 0 amide bonds. The van der Waals surface area contributed by atoms with Gasteiger partial charge in [-0.05, 0) is 78.5 Å². The molecule has 0 aromatic heterocycles. The first-order valence-electron chi connectivity index (χ1n) is 12.3. The lowest BCUT2D eigenvalue weighted by molar-refractivity contribution is -0.111. The zero-order valence-corrected chi connectivity index (χ0v) is 18.5. The summed E-state index contributed by atoms with van der Waals surface area (Å²) in [7, 11) is 0. The van der Waals surface area contributed by atoms with E-state index < -0.39 is 0 Å². The molecule has 1 aliphatic heterocycles. The summed E-state index contributed by atoms with van der Waals surface area (Å²) in [6.07, 6.45) is 12.3. The van der Waals surface area contributed by atoms with Crippen LogP contribution in [0.1, 0.15) is 74.0 Å². The topological polar surface area (TPSA) is 40.5 Å². The minimum Gasteiger partial charge on any atom is -0.508 e. The van der Waals surface area contributed by atoms with Crippen LogP contribution in [0.25, 0.3) is 0 Å². The fraction of sp³-hybridized carbons (Fsp3) is 0.536. The first-order valence-corrected chi connectivity index (χ1v) is 12.3. The molecule has 0 radical (unpaired) electrons. The maximum absolute atomic E-state index is 11.1. The van der Waals surface area contributed by atoms with Gasteiger partial charge < -0.3 is 14.8 Å². The van der Waals surface area contributed by atoms with E-state index in [9.17, 15) is 9.90 Å². The molecule has 5 rings (SSSR count). The number of carbonyl (C=O) groups excluding carboxylic acids is 1. The van der Waals surface area contributed by atoms with Gasteiger partial charge in [-0.15, -0.1) is 0 Å². The number of hydrogen-bond donors (Lipinski definition) is 1. The lowest BCUT2D eigenvalue weighted by Crippen LogP contribution is -2.34. The van der Waals surface area contributed by atoms with Crippen LogP contribution in [0.5, 0.6) is 5.75 Å². The molecule has 2 fully saturated rings. The van der Waals surface area contributed by atoms with Gasteiger partial charge in [0.15, 0.2) is 0 Å². The standard InChI is InChI=1S/C28H35NO2/c30-19-20-14-16-29(17-15-20)24-9-6-22(7-10-24)28-26(21-4-2-1-3-5-21)12-8-23-18-25(31)11-13-27(23)28/h6-7,9-11,13,18-21,26,28,31H,1-5,8,12,14-17H2/t26-,28+/m1/s1. The molecule has 1 N–H and O–H groups in total. The van der Waals surface area contributed by atoms with E-state index in [-0.39, 0.29) is 5.92 Å². The summed E-state index contributed by atoms with van der Waals surface area (Å²) in [6.45, 7) is 1.94. The van der Waals surface area contributed by atoms with Gasteiger partial charge in [0.1, 0.15) is 12.0 Å². The largest absolute Gasteiger partial charge is 0.508 e. The van der Waals surface area contributed by atoms with E-state index >= 15 is 0 Å². The number of hydrogen-bond acceptors (Lipinski definition) is 3. The van der Waals surface area contributed by atoms with Crippen molar-refractivity contribution in [1.29, 1.82) is 0 Å². The quantitative estimate of drug-likeness (QED) is 0.613. The summed E-state index contributed by atoms with van der Waals surface area (Å²) in [5, 5.41) is 10.0. The molecule has 0 spiro atoms. The third kappa shape index (κ3) is 4.24. The van der Waals surface area contributed by atoms with Gasteiger partial charge in [-0.1, -0.05) is 50.3 Å². The molecule has 0 unspecified atom stereocenters. The third-order valence-corrected chi connectivity index (χ3v) is 8.24. The molecule has 0 bridgehead atoms. The molecule has 3 aliphatic rings. The molecule has 3 heteroatoms. The molecule has 2 aliphatic carbocycles. The van der Waals surface area contributed by atoms with Crippen LogP contribution in [0.4, 0.5) is 5.69 Å². The van der Waals surface area contributed by atoms with Crippen molar-refractivity contribution in [3.63, 3.8) is 0 Å². The van der Waals surface area contributed by atoms with Crippen LogP contribution in [-0.4, -0.2) is 24.5 Å². The number of aromatic hydroxyl groups is 1. The molecule has 1 saturated heterocycles. The van der Waals surface area contributed by atoms with Gasteiger partial charge in [0.05, 0.1) is 0 Å². The predicted molar refractivity (Wildman–Crippen MR) is 126 cm³/mol. The second kappa shape index (κ2) is 9.06. The van der Waals surface area contributed by atoms with Gasteiger partial charge in [-0.25, -0.2) is 0 Å². The number of nitrogens with zero attached hydrogens (tertiary/aromatic N) is 1. The number of rotatable bonds is 4. The number of anilines is 1. The SMILES string of the molecule is O=CC1CCN(c2ccc([C@@H]3c4ccc(O)cc4CC[C@@H]3C3CCCCC3)cc2)CC1. The molecular formula is C28H35NO2. The summed E-state index contributed by atoms with van der Waals surface area (Å²) in [5.74, 6) is 2.58. The van der Waals surface area contributed by atoms with E-state index in [2.05, 4.69) is 35.2 Å². The number of benzene rings is 2. The second-order valence-corrected chi connectivity index (χ2v) is 10.0. The van der Waals surface area contributed by atoms with E-state index in [1.165, 1.54) is 60.9 Å². The van der Waals surface area contributed by atoms with Crippen LogP contribution in [0.3, 0.4) is 0 Å². The lowest BCUT2D eigenvalue weighted by Gasteiger charge is -2.41. The van der Waals surface area contributed by atoms with Gasteiger partial charge in [-0.2, -0.15) is 0 Å². The number of carbonyl (C=O) groups is 1. The van der Waals surface area contributed by atoms with Crippen molar-refractivity contribution < 1.29 is 9.90 Å². The zero-order valence-electron chi connectivity index (χ0n) is 18.5. The third-order valence-electron chi connectivity index (χ3n) is 8.24. The minimum atomic E-state index is 0.238. The summed E-state index contributed by atoms with van der Waals surface area (Å²) in [5.41, 5.74) is 5.47. The Balaban J connectivity index is 1.43. The minimum absolute atomic E-state index is 0.238. The first kappa shape index (κ1) is 20.6. The van der Waals surface area contributed by atoms with Crippen molar-refractivity contribution in [2.24, 2.45) is 17.8 Å². The number of aryl methyl sites for hydroxylation is 1. The molecule has 164 valence electrons. The van der Waals surface area contributed by atoms with Gasteiger partial charge >= 0.3 is 0 Å². The number of fused-ring (bicyclic) bond motifs is 1. The highest BCUT2D eigenvalue weighted by Gasteiger charge is 2.36. The van der Waals surface area contributed by atoms with Crippen LogP contribution < -0.4 is 4.90 Å². The highest BCUT2D eigenvalue weighted by atomic mass is 16.3. The van der Waals surface area contributed by atoms with Gasteiger partial charge in [0.25, 0.3) is 0 Å². The highest BCUT2D eigenvalue weighted by Crippen LogP contribution is 2.48. The Hall–Kier alpha value is -2.29. The fourth-order valence-corrected chi connectivity index (χ4v) is 6.51. The lowest BCUT2D eigenvalue weighted by atomic mass is 9.64. The smallest absolute Gasteiger partial charge is 0.123 e. The van der Waals surface area contributed by atoms with Crippen LogP contribution in [0.2, 0.25) is 0 Å². The number of piperidine rings is 1. The van der Waals surface area contributed by atoms with Crippen LogP contribution in [-0.2, 0) is 11.2 Å². The fourth-order valence-electron chi connectivity index (χ4n) is 6.51. The first-order chi connectivity index (χ1) is 15.2. The van der Waals surface area contributed by atoms with E-state index in [1.807, 2.05) is 12.1 Å². The maximum atomic E-state index is 11.1. The molecule has 31 heavy (non-hydrogen) atoms. The van der Waals surface area contributed by atoms with Crippen molar-refractivity contribution in [3.05, 3.63) is 59.2 Å². The summed E-state index contributed by atoms with van der Waals surface area (Å²) < 4.78 is 0. The number of aldehydes is 1. The van der Waals surface area contributed by atoms with Crippen LogP contribution >= 0.6 is 0 Å². The van der Waals surface area contributed by atoms with Crippen molar-refractivity contribution in [2.45, 2.75) is 63.7 Å². The monoisotopic (exact) mass is 417 g/mol. The molecular weight excluding hydrogens is 382 g/mol. The molecule has 3 nitrogen and oxygen atoms in total. The zero-order chi connectivity index (χ0) is 21.2. The Labute approximate surface area is 186 Å². The Morgan fingerprint density at radius 1 is 0.871 bits per heavy atom. The van der Waals surface area contributed by atoms with Crippen molar-refractivity contribution in [1.82, 2.24) is 0 Å². The summed E-state index contributed by atoms with van der Waals surface area (Å²) >= 11 is 0. The van der Waals surface area contributed by atoms with Gasteiger partial charge in [0, 0.05) is 30.6 Å². The predicted octanol–water partition coefficient (Wildman–Crippen LogP) is 6.08.